The Kier molecular flexibility index (Phi) is 4.66. The molecule has 122 valence electrons. The minimum absolute atomic E-state index is 0.263. The number of benzene rings is 1. The Labute approximate surface area is 132 Å². The fourth-order valence-corrected chi connectivity index (χ4v) is 2.75. The largest absolute Gasteiger partial charge is 0.411 e. The van der Waals surface area contributed by atoms with Crippen molar-refractivity contribution in [2.45, 2.75) is 26.2 Å². The van der Waals surface area contributed by atoms with Gasteiger partial charge in [0.25, 0.3) is 0 Å². The smallest absolute Gasteiger partial charge is 0.156 e. The molecule has 1 aromatic carbocycles. The Balaban J connectivity index is 1.78. The van der Waals surface area contributed by atoms with Crippen LogP contribution in [-0.2, 0) is 17.6 Å². The van der Waals surface area contributed by atoms with Crippen LogP contribution in [-0.4, -0.2) is 34.4 Å². The first kappa shape index (κ1) is 15.6. The first-order valence-electron chi connectivity index (χ1n) is 7.53. The Morgan fingerprint density at radius 2 is 2.30 bits per heavy atom. The van der Waals surface area contributed by atoms with E-state index in [1.54, 1.807) is 19.1 Å². The standard InChI is InChI=1S/C16H18FN3O3/c1-10-6-11(2-3-13(10)17)7-14(18-21)16-15(19-23-20-16)8-12-4-5-22-9-12/h2-3,6,12,21H,4-5,7-9H2,1H3. The van der Waals surface area contributed by atoms with E-state index in [1.807, 2.05) is 0 Å². The molecule has 1 aliphatic heterocycles. The maximum atomic E-state index is 13.4. The van der Waals surface area contributed by atoms with Crippen LogP contribution in [0.25, 0.3) is 0 Å². The van der Waals surface area contributed by atoms with Gasteiger partial charge in [-0.1, -0.05) is 22.4 Å². The van der Waals surface area contributed by atoms with Crippen LogP contribution in [0.2, 0.25) is 0 Å². The molecule has 1 unspecified atom stereocenters. The topological polar surface area (TPSA) is 80.7 Å². The second kappa shape index (κ2) is 6.87. The lowest BCUT2D eigenvalue weighted by Gasteiger charge is -2.07. The van der Waals surface area contributed by atoms with Crippen molar-refractivity contribution in [3.05, 3.63) is 46.5 Å². The lowest BCUT2D eigenvalue weighted by molar-refractivity contribution is 0.185. The van der Waals surface area contributed by atoms with Gasteiger partial charge in [-0.15, -0.1) is 0 Å². The molecule has 0 aliphatic carbocycles. The van der Waals surface area contributed by atoms with E-state index in [4.69, 9.17) is 9.37 Å². The average Bonchev–Trinajstić information content (AvgIpc) is 3.21. The van der Waals surface area contributed by atoms with Gasteiger partial charge in [-0.05, 0) is 41.6 Å². The van der Waals surface area contributed by atoms with Crippen LogP contribution in [0.5, 0.6) is 0 Å². The van der Waals surface area contributed by atoms with Crippen LogP contribution in [0.3, 0.4) is 0 Å². The molecule has 0 saturated carbocycles. The fraction of sp³-hybridized carbons (Fsp3) is 0.438. The molecule has 6 nitrogen and oxygen atoms in total. The quantitative estimate of drug-likeness (QED) is 0.520. The molecule has 3 rings (SSSR count). The van der Waals surface area contributed by atoms with Gasteiger partial charge in [0.15, 0.2) is 5.69 Å². The summed E-state index contributed by atoms with van der Waals surface area (Å²) in [6.07, 6.45) is 1.95. The van der Waals surface area contributed by atoms with Crippen molar-refractivity contribution in [1.82, 2.24) is 10.3 Å². The number of rotatable bonds is 5. The normalized spacial score (nSPS) is 18.5. The van der Waals surface area contributed by atoms with Gasteiger partial charge in [-0.2, -0.15) is 0 Å². The molecule has 1 fully saturated rings. The summed E-state index contributed by atoms with van der Waals surface area (Å²) in [5.74, 6) is 0.106. The van der Waals surface area contributed by atoms with Crippen LogP contribution in [0, 0.1) is 18.7 Å². The molecule has 0 amide bonds. The average molecular weight is 319 g/mol. The zero-order valence-electron chi connectivity index (χ0n) is 12.8. The van der Waals surface area contributed by atoms with Gasteiger partial charge in [0.05, 0.1) is 0 Å². The van der Waals surface area contributed by atoms with Crippen LogP contribution >= 0.6 is 0 Å². The second-order valence-electron chi connectivity index (χ2n) is 5.80. The highest BCUT2D eigenvalue weighted by Gasteiger charge is 2.23. The number of aryl methyl sites for hydroxylation is 1. The zero-order valence-corrected chi connectivity index (χ0v) is 12.8. The summed E-state index contributed by atoms with van der Waals surface area (Å²) in [5.41, 5.74) is 2.83. The summed E-state index contributed by atoms with van der Waals surface area (Å²) in [6, 6.07) is 4.78. The van der Waals surface area contributed by atoms with Gasteiger partial charge in [-0.3, -0.25) is 0 Å². The molecule has 0 radical (unpaired) electrons. The van der Waals surface area contributed by atoms with E-state index in [1.165, 1.54) is 6.07 Å². The molecule has 1 aliphatic rings. The Morgan fingerprint density at radius 1 is 1.43 bits per heavy atom. The van der Waals surface area contributed by atoms with E-state index in [9.17, 15) is 9.60 Å². The molecule has 1 N–H and O–H groups in total. The van der Waals surface area contributed by atoms with Gasteiger partial charge < -0.3 is 9.94 Å². The second-order valence-corrected chi connectivity index (χ2v) is 5.80. The van der Waals surface area contributed by atoms with E-state index in [0.29, 0.717) is 48.0 Å². The predicted molar refractivity (Wildman–Crippen MR) is 80.1 cm³/mol. The molecule has 2 heterocycles. The molecular formula is C16H18FN3O3. The highest BCUT2D eigenvalue weighted by molar-refractivity contribution is 6.00. The molecule has 1 atom stereocenters. The Morgan fingerprint density at radius 3 is 3.00 bits per heavy atom. The Bertz CT molecular complexity index is 708. The van der Waals surface area contributed by atoms with Crippen molar-refractivity contribution in [2.75, 3.05) is 13.2 Å². The van der Waals surface area contributed by atoms with Gasteiger partial charge in [0.2, 0.25) is 0 Å². The fourth-order valence-electron chi connectivity index (χ4n) is 2.75. The van der Waals surface area contributed by atoms with Crippen molar-refractivity contribution in [3.8, 4) is 0 Å². The van der Waals surface area contributed by atoms with Crippen molar-refractivity contribution < 1.29 is 19.0 Å². The summed E-state index contributed by atoms with van der Waals surface area (Å²) in [6.45, 7) is 3.13. The van der Waals surface area contributed by atoms with E-state index in [-0.39, 0.29) is 5.82 Å². The molecule has 2 aromatic rings. The minimum Gasteiger partial charge on any atom is -0.411 e. The monoisotopic (exact) mass is 319 g/mol. The van der Waals surface area contributed by atoms with Gasteiger partial charge in [0, 0.05) is 26.1 Å². The molecule has 1 saturated heterocycles. The summed E-state index contributed by atoms with van der Waals surface area (Å²) in [5, 5.41) is 20.5. The SMILES string of the molecule is Cc1cc(CC(=NO)c2nonc2CC2CCOC2)ccc1F. The van der Waals surface area contributed by atoms with Crippen LogP contribution in [0.1, 0.15) is 28.9 Å². The van der Waals surface area contributed by atoms with Crippen LogP contribution < -0.4 is 0 Å². The van der Waals surface area contributed by atoms with Crippen LogP contribution in [0.4, 0.5) is 4.39 Å². The molecule has 0 bridgehead atoms. The van der Waals surface area contributed by atoms with E-state index < -0.39 is 0 Å². The zero-order chi connectivity index (χ0) is 16.2. The summed E-state index contributed by atoms with van der Waals surface area (Å²) in [7, 11) is 0. The number of oxime groups is 1. The van der Waals surface area contributed by atoms with E-state index in [2.05, 4.69) is 15.5 Å². The van der Waals surface area contributed by atoms with Gasteiger partial charge in [0.1, 0.15) is 17.2 Å². The molecule has 0 spiro atoms. The predicted octanol–water partition coefficient (Wildman–Crippen LogP) is 2.52. The van der Waals surface area contributed by atoms with E-state index in [0.717, 1.165) is 18.6 Å². The number of nitrogens with zero attached hydrogens (tertiary/aromatic N) is 3. The number of hydrogen-bond acceptors (Lipinski definition) is 6. The molecule has 1 aromatic heterocycles. The third kappa shape index (κ3) is 3.56. The third-order valence-corrected chi connectivity index (χ3v) is 4.05. The minimum atomic E-state index is -0.263. The van der Waals surface area contributed by atoms with Gasteiger partial charge >= 0.3 is 0 Å². The summed E-state index contributed by atoms with van der Waals surface area (Å²) < 4.78 is 23.5. The molecular weight excluding hydrogens is 301 g/mol. The lowest BCUT2D eigenvalue weighted by atomic mass is 9.98. The van der Waals surface area contributed by atoms with Gasteiger partial charge in [-0.25, -0.2) is 9.02 Å². The maximum Gasteiger partial charge on any atom is 0.156 e. The summed E-state index contributed by atoms with van der Waals surface area (Å²) >= 11 is 0. The number of halogens is 1. The first-order valence-corrected chi connectivity index (χ1v) is 7.53. The Hall–Kier alpha value is -2.28. The van der Waals surface area contributed by atoms with Crippen molar-refractivity contribution >= 4 is 5.71 Å². The number of hydrogen-bond donors (Lipinski definition) is 1. The first-order chi connectivity index (χ1) is 11.2. The highest BCUT2D eigenvalue weighted by Crippen LogP contribution is 2.20. The van der Waals surface area contributed by atoms with Crippen LogP contribution in [0.15, 0.2) is 28.0 Å². The highest BCUT2D eigenvalue weighted by atomic mass is 19.1. The van der Waals surface area contributed by atoms with Crippen molar-refractivity contribution in [2.24, 2.45) is 11.1 Å². The molecule has 23 heavy (non-hydrogen) atoms. The molecule has 7 heteroatoms. The number of aromatic nitrogens is 2. The maximum absolute atomic E-state index is 13.4. The summed E-state index contributed by atoms with van der Waals surface area (Å²) in [4.78, 5) is 0. The number of ether oxygens (including phenoxy) is 1. The third-order valence-electron chi connectivity index (χ3n) is 4.05. The van der Waals surface area contributed by atoms with Crippen molar-refractivity contribution in [3.63, 3.8) is 0 Å². The van der Waals surface area contributed by atoms with E-state index >= 15 is 0 Å². The van der Waals surface area contributed by atoms with Crippen molar-refractivity contribution in [1.29, 1.82) is 0 Å². The lowest BCUT2D eigenvalue weighted by Crippen LogP contribution is -2.12.